The van der Waals surface area contributed by atoms with Crippen molar-refractivity contribution in [1.82, 2.24) is 0 Å². The Balaban J connectivity index is 1.92. The van der Waals surface area contributed by atoms with Gasteiger partial charge in [-0.3, -0.25) is 0 Å². The largest absolute Gasteiger partial charge is 0.493 e. The second-order valence-electron chi connectivity index (χ2n) is 5.34. The predicted molar refractivity (Wildman–Crippen MR) is 67.7 cm³/mol. The highest BCUT2D eigenvalue weighted by Crippen LogP contribution is 2.46. The molecule has 0 amide bonds. The Kier molecular flexibility index (Phi) is 2.80. The van der Waals surface area contributed by atoms with Crippen molar-refractivity contribution in [2.75, 3.05) is 13.2 Å². The van der Waals surface area contributed by atoms with E-state index in [1.54, 1.807) is 0 Å². The Morgan fingerprint density at radius 2 is 2.18 bits per heavy atom. The Bertz CT molecular complexity index is 433. The van der Waals surface area contributed by atoms with Crippen LogP contribution in [-0.4, -0.2) is 18.3 Å². The number of halogens is 1. The molecule has 0 aromatic heterocycles. The average Bonchev–Trinajstić information content (AvgIpc) is 2.71. The number of aliphatic hydroxyl groups is 1. The van der Waals surface area contributed by atoms with Gasteiger partial charge in [-0.25, -0.2) is 0 Å². The summed E-state index contributed by atoms with van der Waals surface area (Å²) in [5, 5.41) is 10.3. The molecule has 92 valence electrons. The van der Waals surface area contributed by atoms with E-state index in [1.807, 2.05) is 12.1 Å². The van der Waals surface area contributed by atoms with Gasteiger partial charge in [0.15, 0.2) is 0 Å². The van der Waals surface area contributed by atoms with Gasteiger partial charge in [0.25, 0.3) is 0 Å². The summed E-state index contributed by atoms with van der Waals surface area (Å²) < 4.78 is 5.70. The van der Waals surface area contributed by atoms with Crippen LogP contribution in [0.3, 0.4) is 0 Å². The van der Waals surface area contributed by atoms with Gasteiger partial charge in [-0.15, -0.1) is 0 Å². The van der Waals surface area contributed by atoms with E-state index in [-0.39, 0.29) is 12.0 Å². The van der Waals surface area contributed by atoms with Gasteiger partial charge in [0.05, 0.1) is 6.61 Å². The van der Waals surface area contributed by atoms with Gasteiger partial charge >= 0.3 is 0 Å². The molecule has 3 heteroatoms. The smallest absolute Gasteiger partial charge is 0.125 e. The highest BCUT2D eigenvalue weighted by atomic mass is 35.5. The molecule has 0 saturated heterocycles. The Hall–Kier alpha value is -0.730. The third-order valence-electron chi connectivity index (χ3n) is 4.14. The minimum absolute atomic E-state index is 0.0877. The fraction of sp³-hybridized carbons (Fsp3) is 0.571. The van der Waals surface area contributed by atoms with Crippen LogP contribution >= 0.6 is 11.6 Å². The lowest BCUT2D eigenvalue weighted by Crippen LogP contribution is -2.35. The monoisotopic (exact) mass is 252 g/mol. The maximum atomic E-state index is 9.54. The van der Waals surface area contributed by atoms with Crippen molar-refractivity contribution in [2.45, 2.75) is 32.1 Å². The van der Waals surface area contributed by atoms with E-state index in [0.717, 1.165) is 43.1 Å². The maximum absolute atomic E-state index is 9.54. The summed E-state index contributed by atoms with van der Waals surface area (Å²) in [6, 6.07) is 4.00. The summed E-state index contributed by atoms with van der Waals surface area (Å²) in [4.78, 5) is 0. The van der Waals surface area contributed by atoms with Crippen LogP contribution in [0, 0.1) is 5.41 Å². The first kappa shape index (κ1) is 11.4. The Labute approximate surface area is 107 Å². The van der Waals surface area contributed by atoms with Crippen LogP contribution in [0.4, 0.5) is 0 Å². The number of ether oxygens (including phenoxy) is 1. The molecule has 2 aliphatic rings. The summed E-state index contributed by atoms with van der Waals surface area (Å²) in [7, 11) is 0. The maximum Gasteiger partial charge on any atom is 0.125 e. The van der Waals surface area contributed by atoms with E-state index in [1.165, 1.54) is 17.5 Å². The average molecular weight is 253 g/mol. The normalized spacial score (nSPS) is 20.6. The fourth-order valence-corrected chi connectivity index (χ4v) is 3.21. The molecule has 1 heterocycles. The molecule has 0 bridgehead atoms. The second kappa shape index (κ2) is 4.18. The molecule has 1 N–H and O–H groups in total. The van der Waals surface area contributed by atoms with Crippen LogP contribution in [0.15, 0.2) is 12.1 Å². The summed E-state index contributed by atoms with van der Waals surface area (Å²) in [5.41, 5.74) is 2.49. The molecule has 17 heavy (non-hydrogen) atoms. The summed E-state index contributed by atoms with van der Waals surface area (Å²) in [6.45, 7) is 1.03. The van der Waals surface area contributed by atoms with Crippen LogP contribution in [0.25, 0.3) is 0 Å². The topological polar surface area (TPSA) is 29.5 Å². The minimum atomic E-state index is 0.0877. The first-order valence-electron chi connectivity index (χ1n) is 6.27. The number of benzene rings is 1. The third-order valence-corrected chi connectivity index (χ3v) is 4.36. The van der Waals surface area contributed by atoms with Crippen molar-refractivity contribution >= 4 is 11.6 Å². The van der Waals surface area contributed by atoms with Crippen molar-refractivity contribution in [3.8, 4) is 5.75 Å². The quantitative estimate of drug-likeness (QED) is 0.896. The summed E-state index contributed by atoms with van der Waals surface area (Å²) in [6.07, 6.45) is 5.31. The molecule has 2 nitrogen and oxygen atoms in total. The van der Waals surface area contributed by atoms with E-state index in [4.69, 9.17) is 16.3 Å². The lowest BCUT2D eigenvalue weighted by Gasteiger charge is -2.40. The first-order valence-corrected chi connectivity index (χ1v) is 6.65. The number of fused-ring (bicyclic) bond motifs is 1. The summed E-state index contributed by atoms with van der Waals surface area (Å²) >= 11 is 6.14. The second-order valence-corrected chi connectivity index (χ2v) is 5.78. The number of rotatable bonds is 3. The number of hydrogen-bond donors (Lipinski definition) is 1. The Morgan fingerprint density at radius 1 is 1.35 bits per heavy atom. The molecule has 0 unspecified atom stereocenters. The van der Waals surface area contributed by atoms with E-state index in [2.05, 4.69) is 0 Å². The van der Waals surface area contributed by atoms with Crippen molar-refractivity contribution < 1.29 is 9.84 Å². The predicted octanol–water partition coefficient (Wildman–Crippen LogP) is 2.98. The van der Waals surface area contributed by atoms with Crippen LogP contribution in [0.5, 0.6) is 5.75 Å². The zero-order valence-electron chi connectivity index (χ0n) is 9.84. The van der Waals surface area contributed by atoms with E-state index >= 15 is 0 Å². The molecule has 0 radical (unpaired) electrons. The molecule has 0 atom stereocenters. The minimum Gasteiger partial charge on any atom is -0.493 e. The molecule has 1 fully saturated rings. The van der Waals surface area contributed by atoms with Gasteiger partial charge in [-0.1, -0.05) is 18.0 Å². The fourth-order valence-electron chi connectivity index (χ4n) is 2.95. The van der Waals surface area contributed by atoms with Gasteiger partial charge < -0.3 is 9.84 Å². The molecular weight excluding hydrogens is 236 g/mol. The Morgan fingerprint density at radius 3 is 2.82 bits per heavy atom. The van der Waals surface area contributed by atoms with Crippen molar-refractivity contribution in [3.05, 3.63) is 28.3 Å². The standard InChI is InChI=1S/C14H17ClO2/c15-12-6-10-2-5-17-13(10)11(7-12)8-14(9-16)3-1-4-14/h6-7,16H,1-5,8-9H2. The molecule has 1 aromatic rings. The third kappa shape index (κ3) is 1.94. The highest BCUT2D eigenvalue weighted by Gasteiger charge is 2.37. The van der Waals surface area contributed by atoms with Gasteiger partial charge in [-0.2, -0.15) is 0 Å². The van der Waals surface area contributed by atoms with Gasteiger partial charge in [0, 0.05) is 18.1 Å². The van der Waals surface area contributed by atoms with Gasteiger partial charge in [0.1, 0.15) is 5.75 Å². The van der Waals surface area contributed by atoms with Crippen LogP contribution in [0.1, 0.15) is 30.4 Å². The molecule has 1 saturated carbocycles. The SMILES string of the molecule is OCC1(Cc2cc(Cl)cc3c2OCC3)CCC1. The molecule has 0 spiro atoms. The molecule has 1 aliphatic carbocycles. The lowest BCUT2D eigenvalue weighted by atomic mass is 9.66. The van der Waals surface area contributed by atoms with E-state index in [9.17, 15) is 5.11 Å². The molecule has 3 rings (SSSR count). The van der Waals surface area contributed by atoms with E-state index in [0.29, 0.717) is 0 Å². The van der Waals surface area contributed by atoms with Crippen molar-refractivity contribution in [3.63, 3.8) is 0 Å². The van der Waals surface area contributed by atoms with Gasteiger partial charge in [-0.05, 0) is 47.9 Å². The highest BCUT2D eigenvalue weighted by molar-refractivity contribution is 6.30. The summed E-state index contributed by atoms with van der Waals surface area (Å²) in [5.74, 6) is 1.02. The molecule has 1 aromatic carbocycles. The van der Waals surface area contributed by atoms with E-state index < -0.39 is 0 Å². The van der Waals surface area contributed by atoms with Crippen molar-refractivity contribution in [2.24, 2.45) is 5.41 Å². The number of hydrogen-bond acceptors (Lipinski definition) is 2. The zero-order chi connectivity index (χ0) is 11.9. The lowest BCUT2D eigenvalue weighted by molar-refractivity contribution is 0.0445. The van der Waals surface area contributed by atoms with Crippen LogP contribution < -0.4 is 4.74 Å². The zero-order valence-corrected chi connectivity index (χ0v) is 10.6. The van der Waals surface area contributed by atoms with Crippen LogP contribution in [-0.2, 0) is 12.8 Å². The molecular formula is C14H17ClO2. The van der Waals surface area contributed by atoms with Gasteiger partial charge in [0.2, 0.25) is 0 Å². The first-order chi connectivity index (χ1) is 8.22. The van der Waals surface area contributed by atoms with Crippen LogP contribution in [0.2, 0.25) is 5.02 Å². The number of aliphatic hydroxyl groups excluding tert-OH is 1. The molecule has 1 aliphatic heterocycles. The van der Waals surface area contributed by atoms with Crippen molar-refractivity contribution in [1.29, 1.82) is 0 Å².